The Kier molecular flexibility index (Phi) is 4.88. The van der Waals surface area contributed by atoms with Gasteiger partial charge >= 0.3 is 0 Å². The summed E-state index contributed by atoms with van der Waals surface area (Å²) in [7, 11) is -2.97. The van der Waals surface area contributed by atoms with Gasteiger partial charge in [-0.15, -0.1) is 0 Å². The molecule has 1 fully saturated rings. The fourth-order valence-electron chi connectivity index (χ4n) is 3.12. The van der Waals surface area contributed by atoms with Crippen LogP contribution in [0.3, 0.4) is 0 Å². The molecule has 2 atom stereocenters. The van der Waals surface area contributed by atoms with Crippen LogP contribution in [0.4, 0.5) is 15.8 Å². The topological polar surface area (TPSA) is 87.6 Å². The van der Waals surface area contributed by atoms with Gasteiger partial charge in [0.05, 0.1) is 17.5 Å². The monoisotopic (exact) mass is 419 g/mol. The quantitative estimate of drug-likeness (QED) is 0.798. The van der Waals surface area contributed by atoms with Gasteiger partial charge in [0.2, 0.25) is 0 Å². The number of sulfone groups is 1. The summed E-state index contributed by atoms with van der Waals surface area (Å²) in [6.07, 6.45) is 0. The van der Waals surface area contributed by atoms with Crippen molar-refractivity contribution >= 4 is 44.0 Å². The molecule has 2 aliphatic rings. The predicted molar refractivity (Wildman–Crippen MR) is 110 cm³/mol. The van der Waals surface area contributed by atoms with Crippen molar-refractivity contribution in [1.82, 2.24) is 0 Å². The zero-order valence-corrected chi connectivity index (χ0v) is 16.6. The molecule has 28 heavy (non-hydrogen) atoms. The largest absolute Gasteiger partial charge is 0.335 e. The number of benzene rings is 2. The molecule has 4 rings (SSSR count). The Labute approximate surface area is 166 Å². The van der Waals surface area contributed by atoms with Crippen molar-refractivity contribution in [2.24, 2.45) is 4.99 Å². The van der Waals surface area contributed by atoms with Crippen LogP contribution in [0.1, 0.15) is 15.9 Å². The standard InChI is InChI=1S/C19H18FN3O3S2/c1-11-2-5-14(8-15(11)20)21-18(24)12-3-6-13(7-4-12)22-19-23-16-9-28(25,26)10-17(16)27-19/h2-8,16-17H,9-10H2,1H3,(H,21,24)(H,22,23)/t16-,17+/m0/s1. The van der Waals surface area contributed by atoms with Gasteiger partial charge in [-0.25, -0.2) is 12.8 Å². The summed E-state index contributed by atoms with van der Waals surface area (Å²) >= 11 is 1.44. The molecule has 2 aliphatic heterocycles. The Morgan fingerprint density at radius 3 is 2.54 bits per heavy atom. The van der Waals surface area contributed by atoms with E-state index >= 15 is 0 Å². The van der Waals surface area contributed by atoms with Gasteiger partial charge < -0.3 is 10.6 Å². The first-order chi connectivity index (χ1) is 13.3. The second kappa shape index (κ2) is 7.21. The molecule has 1 amide bonds. The molecule has 146 valence electrons. The first-order valence-electron chi connectivity index (χ1n) is 8.68. The number of fused-ring (bicyclic) bond motifs is 1. The van der Waals surface area contributed by atoms with Crippen molar-refractivity contribution < 1.29 is 17.6 Å². The Bertz CT molecular complexity index is 1070. The fraction of sp³-hybridized carbons (Fsp3) is 0.263. The summed E-state index contributed by atoms with van der Waals surface area (Å²) in [4.78, 5) is 16.8. The number of amidine groups is 1. The van der Waals surface area contributed by atoms with Crippen molar-refractivity contribution in [2.75, 3.05) is 22.1 Å². The number of anilines is 2. The van der Waals surface area contributed by atoms with Crippen molar-refractivity contribution in [2.45, 2.75) is 18.2 Å². The lowest BCUT2D eigenvalue weighted by Crippen LogP contribution is -2.13. The highest BCUT2D eigenvalue weighted by Gasteiger charge is 2.42. The molecule has 2 heterocycles. The lowest BCUT2D eigenvalue weighted by molar-refractivity contribution is 0.102. The SMILES string of the molecule is Cc1ccc(NC(=O)c2ccc(NC3=N[C@H]4CS(=O)(=O)C[C@H]4S3)cc2)cc1F. The van der Waals surface area contributed by atoms with Crippen molar-refractivity contribution in [3.63, 3.8) is 0 Å². The van der Waals surface area contributed by atoms with Crippen LogP contribution in [0, 0.1) is 12.7 Å². The number of carbonyl (C=O) groups excluding carboxylic acids is 1. The minimum atomic E-state index is -2.97. The van der Waals surface area contributed by atoms with E-state index in [1.807, 2.05) is 0 Å². The van der Waals surface area contributed by atoms with Crippen molar-refractivity contribution in [1.29, 1.82) is 0 Å². The van der Waals surface area contributed by atoms with Gasteiger partial charge in [0.25, 0.3) is 5.91 Å². The Morgan fingerprint density at radius 1 is 1.14 bits per heavy atom. The molecule has 2 aromatic carbocycles. The summed E-state index contributed by atoms with van der Waals surface area (Å²) in [6, 6.07) is 11.2. The van der Waals surface area contributed by atoms with E-state index in [1.54, 1.807) is 43.3 Å². The number of nitrogens with one attached hydrogen (secondary N) is 2. The fourth-order valence-corrected chi connectivity index (χ4v) is 6.79. The highest BCUT2D eigenvalue weighted by Crippen LogP contribution is 2.34. The van der Waals surface area contributed by atoms with Crippen LogP contribution in [-0.2, 0) is 9.84 Å². The number of hydrogen-bond acceptors (Lipinski definition) is 6. The normalized spacial score (nSPS) is 22.4. The van der Waals surface area contributed by atoms with Gasteiger partial charge in [-0.2, -0.15) is 0 Å². The first kappa shape index (κ1) is 18.9. The van der Waals surface area contributed by atoms with Crippen LogP contribution < -0.4 is 10.6 Å². The minimum Gasteiger partial charge on any atom is -0.335 e. The van der Waals surface area contributed by atoms with E-state index in [9.17, 15) is 17.6 Å². The number of hydrogen-bond donors (Lipinski definition) is 2. The van der Waals surface area contributed by atoms with Gasteiger partial charge in [-0.3, -0.25) is 9.79 Å². The first-order valence-corrected chi connectivity index (χ1v) is 11.4. The summed E-state index contributed by atoms with van der Waals surface area (Å²) < 4.78 is 36.8. The maximum Gasteiger partial charge on any atom is 0.255 e. The Morgan fingerprint density at radius 2 is 1.86 bits per heavy atom. The number of nitrogens with zero attached hydrogens (tertiary/aromatic N) is 1. The van der Waals surface area contributed by atoms with Crippen LogP contribution in [0.5, 0.6) is 0 Å². The highest BCUT2D eigenvalue weighted by molar-refractivity contribution is 8.15. The highest BCUT2D eigenvalue weighted by atomic mass is 32.2. The van der Waals surface area contributed by atoms with E-state index in [0.717, 1.165) is 5.69 Å². The maximum absolute atomic E-state index is 13.6. The van der Waals surface area contributed by atoms with Gasteiger partial charge in [0, 0.05) is 22.2 Å². The number of aliphatic imine (C=N–C) groups is 1. The number of halogens is 1. The summed E-state index contributed by atoms with van der Waals surface area (Å²) in [5.41, 5.74) is 2.11. The number of amides is 1. The third-order valence-corrected chi connectivity index (χ3v) is 7.79. The summed E-state index contributed by atoms with van der Waals surface area (Å²) in [5, 5.41) is 6.50. The average molecular weight is 420 g/mol. The summed E-state index contributed by atoms with van der Waals surface area (Å²) in [6.45, 7) is 1.66. The molecule has 0 bridgehead atoms. The second-order valence-electron chi connectivity index (χ2n) is 6.86. The molecule has 0 spiro atoms. The smallest absolute Gasteiger partial charge is 0.255 e. The molecule has 6 nitrogen and oxygen atoms in total. The number of rotatable bonds is 3. The molecule has 0 radical (unpaired) electrons. The van der Waals surface area contributed by atoms with Gasteiger partial charge in [0.1, 0.15) is 5.82 Å². The van der Waals surface area contributed by atoms with E-state index in [4.69, 9.17) is 0 Å². The molecule has 0 saturated carbocycles. The van der Waals surface area contributed by atoms with E-state index in [2.05, 4.69) is 15.6 Å². The van der Waals surface area contributed by atoms with Crippen LogP contribution in [0.2, 0.25) is 0 Å². The molecule has 0 aromatic heterocycles. The lowest BCUT2D eigenvalue weighted by atomic mass is 10.1. The van der Waals surface area contributed by atoms with Crippen molar-refractivity contribution in [3.8, 4) is 0 Å². The van der Waals surface area contributed by atoms with Gasteiger partial charge in [0.15, 0.2) is 15.0 Å². The zero-order chi connectivity index (χ0) is 19.9. The molecular formula is C19H18FN3O3S2. The van der Waals surface area contributed by atoms with Crippen LogP contribution in [0.15, 0.2) is 47.5 Å². The minimum absolute atomic E-state index is 0.0209. The second-order valence-corrected chi connectivity index (χ2v) is 10.2. The van der Waals surface area contributed by atoms with Gasteiger partial charge in [-0.05, 0) is 48.9 Å². The number of thioether (sulfide) groups is 1. The molecule has 2 aromatic rings. The molecule has 9 heteroatoms. The van der Waals surface area contributed by atoms with Crippen LogP contribution in [-0.4, -0.2) is 42.3 Å². The Hall–Kier alpha value is -2.39. The third kappa shape index (κ3) is 4.05. The van der Waals surface area contributed by atoms with Crippen LogP contribution in [0.25, 0.3) is 0 Å². The Balaban J connectivity index is 1.39. The molecular weight excluding hydrogens is 401 g/mol. The molecule has 0 aliphatic carbocycles. The van der Waals surface area contributed by atoms with Gasteiger partial charge in [-0.1, -0.05) is 17.8 Å². The average Bonchev–Trinajstić information content (AvgIpc) is 3.11. The van der Waals surface area contributed by atoms with Crippen LogP contribution >= 0.6 is 11.8 Å². The maximum atomic E-state index is 13.6. The van der Waals surface area contributed by atoms with E-state index in [0.29, 0.717) is 22.0 Å². The molecule has 2 N–H and O–H groups in total. The van der Waals surface area contributed by atoms with Crippen molar-refractivity contribution in [3.05, 3.63) is 59.4 Å². The number of aryl methyl sites for hydroxylation is 1. The number of carbonyl (C=O) groups is 1. The molecule has 1 saturated heterocycles. The lowest BCUT2D eigenvalue weighted by Gasteiger charge is -2.09. The van der Waals surface area contributed by atoms with E-state index < -0.39 is 9.84 Å². The predicted octanol–water partition coefficient (Wildman–Crippen LogP) is 3.07. The summed E-state index contributed by atoms with van der Waals surface area (Å²) in [5.74, 6) is -0.434. The third-order valence-electron chi connectivity index (χ3n) is 4.65. The van der Waals surface area contributed by atoms with E-state index in [1.165, 1.54) is 17.8 Å². The molecule has 0 unspecified atom stereocenters. The van der Waals surface area contributed by atoms with E-state index in [-0.39, 0.29) is 34.5 Å². The zero-order valence-electron chi connectivity index (χ0n) is 15.0.